The monoisotopic (exact) mass is 205 g/mol. The second-order valence-electron chi connectivity index (χ2n) is 2.90. The van der Waals surface area contributed by atoms with E-state index >= 15 is 0 Å². The third-order valence-electron chi connectivity index (χ3n) is 1.85. The van der Waals surface area contributed by atoms with Gasteiger partial charge in [-0.05, 0) is 6.42 Å². The second-order valence-corrected chi connectivity index (χ2v) is 2.90. The molecule has 0 aromatic heterocycles. The van der Waals surface area contributed by atoms with Gasteiger partial charge < -0.3 is 10.8 Å². The summed E-state index contributed by atoms with van der Waals surface area (Å²) in [5.74, 6) is -3.04. The van der Waals surface area contributed by atoms with E-state index in [2.05, 4.69) is 0 Å². The van der Waals surface area contributed by atoms with E-state index < -0.39 is 23.5 Å². The molecule has 0 radical (unpaired) electrons. The number of hydrogen-bond acceptors (Lipinski definition) is 2. The van der Waals surface area contributed by atoms with Crippen molar-refractivity contribution in [3.8, 4) is 0 Å². The zero-order chi connectivity index (χ0) is 10.7. The van der Waals surface area contributed by atoms with Crippen molar-refractivity contribution >= 4 is 0 Å². The smallest absolute Gasteiger partial charge is 0.133 e. The zero-order valence-electron chi connectivity index (χ0n) is 7.30. The maximum absolute atomic E-state index is 13.0. The highest BCUT2D eigenvalue weighted by atomic mass is 19.1. The van der Waals surface area contributed by atoms with Crippen molar-refractivity contribution in [2.45, 2.75) is 12.5 Å². The minimum absolute atomic E-state index is 0.0273. The first-order valence-electron chi connectivity index (χ1n) is 4.07. The molecule has 0 fully saturated rings. The highest BCUT2D eigenvalue weighted by molar-refractivity contribution is 5.23. The molecule has 0 aliphatic heterocycles. The lowest BCUT2D eigenvalue weighted by molar-refractivity contribution is 0.274. The Bertz CT molecular complexity index is 307. The normalized spacial score (nSPS) is 12.9. The first-order valence-corrected chi connectivity index (χ1v) is 4.07. The summed E-state index contributed by atoms with van der Waals surface area (Å²) < 4.78 is 38.6. The highest BCUT2D eigenvalue weighted by Crippen LogP contribution is 2.22. The Morgan fingerprint density at radius 2 is 1.71 bits per heavy atom. The van der Waals surface area contributed by atoms with Gasteiger partial charge in [0, 0.05) is 30.3 Å². The van der Waals surface area contributed by atoms with E-state index in [4.69, 9.17) is 10.8 Å². The van der Waals surface area contributed by atoms with Crippen LogP contribution in [0.4, 0.5) is 13.2 Å². The van der Waals surface area contributed by atoms with Crippen molar-refractivity contribution < 1.29 is 18.3 Å². The summed E-state index contributed by atoms with van der Waals surface area (Å²) >= 11 is 0. The van der Waals surface area contributed by atoms with Gasteiger partial charge in [-0.1, -0.05) is 0 Å². The number of halogens is 3. The lowest BCUT2D eigenvalue weighted by atomic mass is 10.0. The molecule has 0 heterocycles. The lowest BCUT2D eigenvalue weighted by Gasteiger charge is -2.12. The number of rotatable bonds is 3. The van der Waals surface area contributed by atoms with E-state index in [0.717, 1.165) is 0 Å². The van der Waals surface area contributed by atoms with Crippen molar-refractivity contribution in [3.63, 3.8) is 0 Å². The molecular weight excluding hydrogens is 195 g/mol. The van der Waals surface area contributed by atoms with Crippen LogP contribution in [0.1, 0.15) is 18.0 Å². The standard InChI is InChI=1S/C9H10F3NO/c10-5-3-6(11)9(7(12)4-5)8(13)1-2-14/h3-4,8,14H,1-2,13H2/t8-/m1/s1. The van der Waals surface area contributed by atoms with Crippen LogP contribution < -0.4 is 5.73 Å². The first kappa shape index (κ1) is 11.0. The molecule has 1 aromatic rings. The Labute approximate surface area is 79.2 Å². The zero-order valence-corrected chi connectivity index (χ0v) is 7.30. The largest absolute Gasteiger partial charge is 0.396 e. The Balaban J connectivity index is 3.07. The molecule has 0 saturated heterocycles. The van der Waals surface area contributed by atoms with Gasteiger partial charge in [0.05, 0.1) is 0 Å². The van der Waals surface area contributed by atoms with Crippen LogP contribution in [0.5, 0.6) is 0 Å². The van der Waals surface area contributed by atoms with Gasteiger partial charge in [0.25, 0.3) is 0 Å². The molecule has 1 aromatic carbocycles. The van der Waals surface area contributed by atoms with Crippen LogP contribution in [-0.2, 0) is 0 Å². The Hall–Kier alpha value is -1.07. The third-order valence-corrected chi connectivity index (χ3v) is 1.85. The Morgan fingerprint density at radius 3 is 2.14 bits per heavy atom. The average molecular weight is 205 g/mol. The molecular formula is C9H10F3NO. The maximum Gasteiger partial charge on any atom is 0.133 e. The number of aliphatic hydroxyl groups is 1. The molecule has 1 rings (SSSR count). The fourth-order valence-electron chi connectivity index (χ4n) is 1.19. The number of hydrogen-bond donors (Lipinski definition) is 2. The predicted molar refractivity (Wildman–Crippen MR) is 44.9 cm³/mol. The van der Waals surface area contributed by atoms with E-state index in [1.807, 2.05) is 0 Å². The molecule has 0 unspecified atom stereocenters. The van der Waals surface area contributed by atoms with E-state index in [0.29, 0.717) is 12.1 Å². The summed E-state index contributed by atoms with van der Waals surface area (Å²) in [6.45, 7) is -0.280. The van der Waals surface area contributed by atoms with Gasteiger partial charge in [-0.2, -0.15) is 0 Å². The number of nitrogens with two attached hydrogens (primary N) is 1. The molecule has 0 aliphatic carbocycles. The maximum atomic E-state index is 13.0. The van der Waals surface area contributed by atoms with Gasteiger partial charge in [-0.25, -0.2) is 13.2 Å². The van der Waals surface area contributed by atoms with E-state index in [-0.39, 0.29) is 18.6 Å². The molecule has 0 amide bonds. The topological polar surface area (TPSA) is 46.2 Å². The molecule has 1 atom stereocenters. The van der Waals surface area contributed by atoms with Crippen LogP contribution >= 0.6 is 0 Å². The molecule has 0 saturated carbocycles. The summed E-state index contributed by atoms with van der Waals surface area (Å²) in [6, 6.07) is 0.172. The van der Waals surface area contributed by atoms with Gasteiger partial charge >= 0.3 is 0 Å². The highest BCUT2D eigenvalue weighted by Gasteiger charge is 2.17. The van der Waals surface area contributed by atoms with E-state index in [9.17, 15) is 13.2 Å². The van der Waals surface area contributed by atoms with Crippen molar-refractivity contribution in [3.05, 3.63) is 35.1 Å². The van der Waals surface area contributed by atoms with E-state index in [1.165, 1.54) is 0 Å². The second kappa shape index (κ2) is 4.43. The Morgan fingerprint density at radius 1 is 1.21 bits per heavy atom. The van der Waals surface area contributed by atoms with Crippen molar-refractivity contribution in [2.24, 2.45) is 5.73 Å². The van der Waals surface area contributed by atoms with Crippen LogP contribution in [0.2, 0.25) is 0 Å². The summed E-state index contributed by atoms with van der Waals surface area (Å²) in [4.78, 5) is 0. The summed E-state index contributed by atoms with van der Waals surface area (Å²) in [5.41, 5.74) is 5.01. The average Bonchev–Trinajstić information content (AvgIpc) is 2.01. The van der Waals surface area contributed by atoms with Crippen LogP contribution in [0.15, 0.2) is 12.1 Å². The quantitative estimate of drug-likeness (QED) is 0.785. The molecule has 5 heteroatoms. The molecule has 14 heavy (non-hydrogen) atoms. The fraction of sp³-hybridized carbons (Fsp3) is 0.333. The van der Waals surface area contributed by atoms with Gasteiger partial charge in [0.15, 0.2) is 0 Å². The molecule has 78 valence electrons. The number of aliphatic hydroxyl groups excluding tert-OH is 1. The predicted octanol–water partition coefficient (Wildman–Crippen LogP) is 1.49. The molecule has 0 spiro atoms. The Kier molecular flexibility index (Phi) is 3.49. The van der Waals surface area contributed by atoms with Crippen LogP contribution in [-0.4, -0.2) is 11.7 Å². The lowest BCUT2D eigenvalue weighted by Crippen LogP contribution is -2.16. The van der Waals surface area contributed by atoms with Crippen molar-refractivity contribution in [1.82, 2.24) is 0 Å². The molecule has 0 aliphatic rings. The molecule has 0 bridgehead atoms. The summed E-state index contributed by atoms with van der Waals surface area (Å²) in [6.07, 6.45) is 0.0273. The molecule has 2 nitrogen and oxygen atoms in total. The van der Waals surface area contributed by atoms with Gasteiger partial charge in [0.1, 0.15) is 17.5 Å². The fourth-order valence-corrected chi connectivity index (χ4v) is 1.19. The third kappa shape index (κ3) is 2.24. The molecule has 3 N–H and O–H groups in total. The van der Waals surface area contributed by atoms with Gasteiger partial charge in [-0.3, -0.25) is 0 Å². The van der Waals surface area contributed by atoms with Crippen LogP contribution in [0, 0.1) is 17.5 Å². The van der Waals surface area contributed by atoms with Gasteiger partial charge in [-0.15, -0.1) is 0 Å². The minimum Gasteiger partial charge on any atom is -0.396 e. The first-order chi connectivity index (χ1) is 6.56. The van der Waals surface area contributed by atoms with E-state index in [1.54, 1.807) is 0 Å². The van der Waals surface area contributed by atoms with Crippen LogP contribution in [0.25, 0.3) is 0 Å². The minimum atomic E-state index is -1.02. The van der Waals surface area contributed by atoms with Crippen LogP contribution in [0.3, 0.4) is 0 Å². The number of benzene rings is 1. The van der Waals surface area contributed by atoms with Crippen molar-refractivity contribution in [2.75, 3.05) is 6.61 Å². The van der Waals surface area contributed by atoms with Crippen molar-refractivity contribution in [1.29, 1.82) is 0 Å². The SMILES string of the molecule is N[C@H](CCO)c1c(F)cc(F)cc1F. The summed E-state index contributed by atoms with van der Waals surface area (Å²) in [5, 5.41) is 8.54. The summed E-state index contributed by atoms with van der Waals surface area (Å²) in [7, 11) is 0. The van der Waals surface area contributed by atoms with Gasteiger partial charge in [0.2, 0.25) is 0 Å².